The Kier molecular flexibility index (Phi) is 4.78. The van der Waals surface area contributed by atoms with Crippen molar-refractivity contribution in [3.8, 4) is 11.5 Å². The van der Waals surface area contributed by atoms with Crippen molar-refractivity contribution >= 4 is 10.0 Å². The maximum atomic E-state index is 12.5. The second kappa shape index (κ2) is 6.83. The van der Waals surface area contributed by atoms with E-state index in [0.717, 1.165) is 29.5 Å². The van der Waals surface area contributed by atoms with E-state index in [1.165, 1.54) is 0 Å². The van der Waals surface area contributed by atoms with Crippen LogP contribution in [0.2, 0.25) is 0 Å². The van der Waals surface area contributed by atoms with E-state index in [1.54, 1.807) is 14.2 Å². The molecule has 0 bridgehead atoms. The van der Waals surface area contributed by atoms with E-state index in [9.17, 15) is 8.42 Å². The lowest BCUT2D eigenvalue weighted by Gasteiger charge is -2.16. The minimum Gasteiger partial charge on any atom is -0.493 e. The van der Waals surface area contributed by atoms with E-state index in [-0.39, 0.29) is 11.8 Å². The molecule has 0 amide bonds. The molecule has 0 heterocycles. The molecule has 0 aromatic heterocycles. The molecule has 24 heavy (non-hydrogen) atoms. The second-order valence-corrected chi connectivity index (χ2v) is 7.61. The fourth-order valence-electron chi connectivity index (χ4n) is 3.11. The van der Waals surface area contributed by atoms with Crippen molar-refractivity contribution in [1.29, 1.82) is 0 Å². The molecule has 3 rings (SSSR count). The zero-order valence-electron chi connectivity index (χ0n) is 13.8. The summed E-state index contributed by atoms with van der Waals surface area (Å²) < 4.78 is 38.4. The van der Waals surface area contributed by atoms with E-state index < -0.39 is 10.0 Å². The number of aryl methyl sites for hydroxylation is 1. The van der Waals surface area contributed by atoms with Gasteiger partial charge in [0.05, 0.1) is 20.0 Å². The highest BCUT2D eigenvalue weighted by atomic mass is 32.2. The van der Waals surface area contributed by atoms with Gasteiger partial charge in [0.2, 0.25) is 10.0 Å². The smallest absolute Gasteiger partial charge is 0.216 e. The highest BCUT2D eigenvalue weighted by Gasteiger charge is 2.28. The summed E-state index contributed by atoms with van der Waals surface area (Å²) in [5.74, 6) is 1.27. The van der Waals surface area contributed by atoms with Crippen molar-refractivity contribution in [2.24, 2.45) is 0 Å². The molecule has 0 saturated carbocycles. The number of nitrogens with one attached hydrogen (secondary N) is 1. The van der Waals surface area contributed by atoms with Crippen LogP contribution in [0.4, 0.5) is 0 Å². The summed E-state index contributed by atoms with van der Waals surface area (Å²) in [6.07, 6.45) is 1.55. The van der Waals surface area contributed by atoms with Crippen LogP contribution in [0.5, 0.6) is 11.5 Å². The number of fused-ring (bicyclic) bond motifs is 1. The van der Waals surface area contributed by atoms with Gasteiger partial charge in [-0.15, -0.1) is 0 Å². The van der Waals surface area contributed by atoms with Gasteiger partial charge in [-0.3, -0.25) is 0 Å². The van der Waals surface area contributed by atoms with Crippen LogP contribution in [0.15, 0.2) is 42.5 Å². The molecule has 1 aliphatic rings. The van der Waals surface area contributed by atoms with Gasteiger partial charge < -0.3 is 9.47 Å². The second-order valence-electron chi connectivity index (χ2n) is 5.86. The third-order valence-corrected chi connectivity index (χ3v) is 5.60. The van der Waals surface area contributed by atoms with Gasteiger partial charge >= 0.3 is 0 Å². The zero-order chi connectivity index (χ0) is 17.2. The van der Waals surface area contributed by atoms with E-state index in [2.05, 4.69) is 4.72 Å². The largest absolute Gasteiger partial charge is 0.493 e. The van der Waals surface area contributed by atoms with Gasteiger partial charge in [-0.2, -0.15) is 0 Å². The molecule has 2 aromatic rings. The van der Waals surface area contributed by atoms with Crippen LogP contribution in [0, 0.1) is 0 Å². The van der Waals surface area contributed by atoms with Crippen LogP contribution in [0.1, 0.15) is 29.2 Å². The number of sulfonamides is 1. The minimum absolute atomic E-state index is 0.0209. The highest BCUT2D eigenvalue weighted by molar-refractivity contribution is 7.88. The normalized spacial score (nSPS) is 16.7. The van der Waals surface area contributed by atoms with Crippen LogP contribution in [-0.4, -0.2) is 22.6 Å². The molecule has 0 saturated heterocycles. The molecule has 0 spiro atoms. The molecule has 0 aliphatic heterocycles. The predicted molar refractivity (Wildman–Crippen MR) is 92.8 cm³/mol. The maximum Gasteiger partial charge on any atom is 0.216 e. The molecule has 0 radical (unpaired) electrons. The summed E-state index contributed by atoms with van der Waals surface area (Å²) in [6.45, 7) is 0. The third kappa shape index (κ3) is 3.55. The Hall–Kier alpha value is -2.05. The molecule has 2 aromatic carbocycles. The van der Waals surface area contributed by atoms with Gasteiger partial charge in [-0.05, 0) is 41.7 Å². The fraction of sp³-hybridized carbons (Fsp3) is 0.333. The summed E-state index contributed by atoms with van der Waals surface area (Å²) in [4.78, 5) is 0. The summed E-state index contributed by atoms with van der Waals surface area (Å²) in [5.41, 5.74) is 2.83. The molecule has 1 atom stereocenters. The van der Waals surface area contributed by atoms with Crippen molar-refractivity contribution in [3.63, 3.8) is 0 Å². The molecular weight excluding hydrogens is 326 g/mol. The Morgan fingerprint density at radius 3 is 2.42 bits per heavy atom. The lowest BCUT2D eigenvalue weighted by molar-refractivity contribution is 0.354. The standard InChI is InChI=1S/C18H21NO4S/c1-22-17-10-14-8-9-16(15(14)11-18(17)23-2)19-24(20,21)12-13-6-4-3-5-7-13/h3-7,10-11,16,19H,8-9,12H2,1-2H3. The molecule has 1 N–H and O–H groups in total. The van der Waals surface area contributed by atoms with Crippen molar-refractivity contribution in [2.75, 3.05) is 14.2 Å². The molecule has 6 heteroatoms. The first-order valence-corrected chi connectivity index (χ1v) is 9.46. The molecular formula is C18H21NO4S. The topological polar surface area (TPSA) is 64.6 Å². The van der Waals surface area contributed by atoms with Gasteiger partial charge in [0.1, 0.15) is 0 Å². The van der Waals surface area contributed by atoms with Crippen molar-refractivity contribution < 1.29 is 17.9 Å². The van der Waals surface area contributed by atoms with Gasteiger partial charge in [-0.1, -0.05) is 30.3 Å². The van der Waals surface area contributed by atoms with Gasteiger partial charge in [0, 0.05) is 6.04 Å². The maximum absolute atomic E-state index is 12.5. The summed E-state index contributed by atoms with van der Waals surface area (Å²) in [5, 5.41) is 0. The van der Waals surface area contributed by atoms with Gasteiger partial charge in [0.15, 0.2) is 11.5 Å². The first-order valence-electron chi connectivity index (χ1n) is 7.81. The lowest BCUT2D eigenvalue weighted by atomic mass is 10.1. The van der Waals surface area contributed by atoms with E-state index in [1.807, 2.05) is 42.5 Å². The molecule has 0 fully saturated rings. The number of benzene rings is 2. The van der Waals surface area contributed by atoms with E-state index in [0.29, 0.717) is 11.5 Å². The van der Waals surface area contributed by atoms with Gasteiger partial charge in [-0.25, -0.2) is 13.1 Å². The van der Waals surface area contributed by atoms with Crippen LogP contribution >= 0.6 is 0 Å². The van der Waals surface area contributed by atoms with Crippen LogP contribution in [0.3, 0.4) is 0 Å². The third-order valence-electron chi connectivity index (χ3n) is 4.24. The summed E-state index contributed by atoms with van der Waals surface area (Å²) in [6, 6.07) is 12.8. The number of hydrogen-bond donors (Lipinski definition) is 1. The molecule has 5 nitrogen and oxygen atoms in total. The lowest BCUT2D eigenvalue weighted by Crippen LogP contribution is -2.28. The monoisotopic (exact) mass is 347 g/mol. The summed E-state index contributed by atoms with van der Waals surface area (Å²) in [7, 11) is -0.244. The SMILES string of the molecule is COc1cc2c(cc1OC)C(NS(=O)(=O)Cc1ccccc1)CC2. The van der Waals surface area contributed by atoms with Gasteiger partial charge in [0.25, 0.3) is 0 Å². The van der Waals surface area contributed by atoms with Crippen LogP contribution in [0.25, 0.3) is 0 Å². The Morgan fingerprint density at radius 1 is 1.08 bits per heavy atom. The highest BCUT2D eigenvalue weighted by Crippen LogP contribution is 2.39. The number of methoxy groups -OCH3 is 2. The fourth-order valence-corrected chi connectivity index (χ4v) is 4.50. The number of rotatable bonds is 6. The average Bonchev–Trinajstić information content (AvgIpc) is 2.95. The predicted octanol–water partition coefficient (Wildman–Crippen LogP) is 2.81. The first kappa shape index (κ1) is 16.8. The van der Waals surface area contributed by atoms with E-state index >= 15 is 0 Å². The van der Waals surface area contributed by atoms with Crippen LogP contribution in [-0.2, 0) is 22.2 Å². The van der Waals surface area contributed by atoms with Crippen molar-refractivity contribution in [3.05, 3.63) is 59.2 Å². The first-order chi connectivity index (χ1) is 11.5. The molecule has 128 valence electrons. The number of hydrogen-bond acceptors (Lipinski definition) is 4. The minimum atomic E-state index is -3.42. The molecule has 1 unspecified atom stereocenters. The van der Waals surface area contributed by atoms with Crippen LogP contribution < -0.4 is 14.2 Å². The summed E-state index contributed by atoms with van der Waals surface area (Å²) >= 11 is 0. The zero-order valence-corrected chi connectivity index (χ0v) is 14.6. The quantitative estimate of drug-likeness (QED) is 0.873. The Bertz CT molecular complexity index is 818. The Balaban J connectivity index is 1.81. The van der Waals surface area contributed by atoms with E-state index in [4.69, 9.17) is 9.47 Å². The average molecular weight is 347 g/mol. The Labute approximate surface area is 142 Å². The van der Waals surface area contributed by atoms with Crippen molar-refractivity contribution in [1.82, 2.24) is 4.72 Å². The number of ether oxygens (including phenoxy) is 2. The Morgan fingerprint density at radius 2 is 1.75 bits per heavy atom. The van der Waals surface area contributed by atoms with Crippen molar-refractivity contribution in [2.45, 2.75) is 24.6 Å². The molecule has 1 aliphatic carbocycles.